The molecule has 6 heteroatoms. The minimum Gasteiger partial charge on any atom is -0.465 e. The second kappa shape index (κ2) is 3.14. The third kappa shape index (κ3) is 1.29. The van der Waals surface area contributed by atoms with Crippen LogP contribution in [0.3, 0.4) is 0 Å². The fourth-order valence-corrected chi connectivity index (χ4v) is 1.40. The largest absolute Gasteiger partial charge is 0.465 e. The van der Waals surface area contributed by atoms with Crippen molar-refractivity contribution in [2.45, 2.75) is 0 Å². The van der Waals surface area contributed by atoms with Crippen LogP contribution in [-0.4, -0.2) is 22.9 Å². The van der Waals surface area contributed by atoms with Crippen LogP contribution in [0.4, 0.5) is 5.82 Å². The molecule has 0 unspecified atom stereocenters. The van der Waals surface area contributed by atoms with Crippen LogP contribution in [0.1, 0.15) is 10.4 Å². The van der Waals surface area contributed by atoms with E-state index in [-0.39, 0.29) is 11.4 Å². The van der Waals surface area contributed by atoms with Crippen molar-refractivity contribution in [1.29, 1.82) is 0 Å². The molecule has 12 heavy (non-hydrogen) atoms. The number of nitrogens with zero attached hydrogens (tertiary/aromatic N) is 2. The van der Waals surface area contributed by atoms with Gasteiger partial charge < -0.3 is 10.5 Å². The maximum absolute atomic E-state index is 11.1. The molecule has 1 aromatic heterocycles. The first kappa shape index (κ1) is 9.05. The Bertz CT molecular complexity index is 321. The molecule has 0 saturated heterocycles. The number of nitrogens with two attached hydrogens (primary N) is 1. The van der Waals surface area contributed by atoms with Crippen LogP contribution in [0.5, 0.6) is 0 Å². The Kier molecular flexibility index (Phi) is 2.37. The van der Waals surface area contributed by atoms with Crippen LogP contribution in [0, 0.1) is 0 Å². The molecule has 1 rings (SSSR count). The Morgan fingerprint density at radius 2 is 2.33 bits per heavy atom. The molecule has 0 radical (unpaired) electrons. The summed E-state index contributed by atoms with van der Waals surface area (Å²) in [7, 11) is 2.94. The van der Waals surface area contributed by atoms with E-state index < -0.39 is 5.97 Å². The van der Waals surface area contributed by atoms with E-state index in [4.69, 9.17) is 5.73 Å². The third-order valence-electron chi connectivity index (χ3n) is 1.44. The molecule has 0 aliphatic carbocycles. The molecule has 0 fully saturated rings. The molecule has 0 aliphatic heterocycles. The van der Waals surface area contributed by atoms with Gasteiger partial charge in [-0.3, -0.25) is 4.68 Å². The van der Waals surface area contributed by atoms with Gasteiger partial charge in [0.05, 0.1) is 7.11 Å². The summed E-state index contributed by atoms with van der Waals surface area (Å²) in [5, 5.41) is 3.89. The number of ether oxygens (including phenoxy) is 1. The number of anilines is 1. The number of halogens is 1. The van der Waals surface area contributed by atoms with E-state index in [0.717, 1.165) is 0 Å². The van der Waals surface area contributed by atoms with Crippen LogP contribution in [-0.2, 0) is 11.8 Å². The standard InChI is InChI=1S/C6H8BrN3O2/c1-10-5(8)3(4(7)9-10)6(11)12-2/h8H2,1-2H3. The summed E-state index contributed by atoms with van der Waals surface area (Å²) in [5.74, 6) is -0.207. The maximum atomic E-state index is 11.1. The topological polar surface area (TPSA) is 70.1 Å². The molecule has 0 aliphatic rings. The van der Waals surface area contributed by atoms with E-state index >= 15 is 0 Å². The zero-order valence-electron chi connectivity index (χ0n) is 6.67. The van der Waals surface area contributed by atoms with Gasteiger partial charge in [-0.25, -0.2) is 4.79 Å². The molecule has 0 spiro atoms. The molecule has 5 nitrogen and oxygen atoms in total. The molecule has 2 N–H and O–H groups in total. The Hall–Kier alpha value is -1.04. The predicted octanol–water partition coefficient (Wildman–Crippen LogP) is 0.551. The van der Waals surface area contributed by atoms with E-state index in [1.165, 1.54) is 11.8 Å². The van der Waals surface area contributed by atoms with Crippen LogP contribution >= 0.6 is 15.9 Å². The lowest BCUT2D eigenvalue weighted by molar-refractivity contribution is 0.0601. The number of esters is 1. The zero-order chi connectivity index (χ0) is 9.30. The van der Waals surface area contributed by atoms with Gasteiger partial charge in [-0.2, -0.15) is 5.10 Å². The lowest BCUT2D eigenvalue weighted by atomic mass is 10.3. The fraction of sp³-hybridized carbons (Fsp3) is 0.333. The van der Waals surface area contributed by atoms with Gasteiger partial charge in [0.15, 0.2) is 0 Å². The quantitative estimate of drug-likeness (QED) is 0.720. The van der Waals surface area contributed by atoms with Crippen LogP contribution in [0.2, 0.25) is 0 Å². The second-order valence-corrected chi connectivity index (χ2v) is 2.92. The van der Waals surface area contributed by atoms with E-state index in [9.17, 15) is 4.79 Å². The molecule has 0 aromatic carbocycles. The smallest absolute Gasteiger partial charge is 0.344 e. The van der Waals surface area contributed by atoms with Gasteiger partial charge in [0.25, 0.3) is 0 Å². The lowest BCUT2D eigenvalue weighted by Gasteiger charge is -1.97. The Morgan fingerprint density at radius 3 is 2.67 bits per heavy atom. The van der Waals surface area contributed by atoms with Crippen LogP contribution < -0.4 is 5.73 Å². The van der Waals surface area contributed by atoms with Crippen molar-refractivity contribution in [3.63, 3.8) is 0 Å². The van der Waals surface area contributed by atoms with Crippen molar-refractivity contribution in [3.8, 4) is 0 Å². The first-order chi connectivity index (χ1) is 5.57. The van der Waals surface area contributed by atoms with Crippen LogP contribution in [0.15, 0.2) is 4.60 Å². The molecule has 0 atom stereocenters. The first-order valence-corrected chi connectivity index (χ1v) is 3.93. The maximum Gasteiger partial charge on any atom is 0.344 e. The fourth-order valence-electron chi connectivity index (χ4n) is 0.794. The Balaban J connectivity index is 3.22. The molecular formula is C6H8BrN3O2. The highest BCUT2D eigenvalue weighted by Gasteiger charge is 2.19. The van der Waals surface area contributed by atoms with E-state index in [1.807, 2.05) is 0 Å². The molecule has 0 saturated carbocycles. The zero-order valence-corrected chi connectivity index (χ0v) is 8.25. The number of nitrogen functional groups attached to an aromatic ring is 1. The molecular weight excluding hydrogens is 226 g/mol. The highest BCUT2D eigenvalue weighted by Crippen LogP contribution is 2.21. The van der Waals surface area contributed by atoms with E-state index in [1.54, 1.807) is 7.05 Å². The molecule has 1 aromatic rings. The Labute approximate surface area is 77.6 Å². The second-order valence-electron chi connectivity index (χ2n) is 2.17. The van der Waals surface area contributed by atoms with Crippen molar-refractivity contribution in [2.24, 2.45) is 7.05 Å². The predicted molar refractivity (Wildman–Crippen MR) is 46.7 cm³/mol. The number of carbonyl (C=O) groups is 1. The normalized spacial score (nSPS) is 9.92. The van der Waals surface area contributed by atoms with E-state index in [0.29, 0.717) is 4.60 Å². The summed E-state index contributed by atoms with van der Waals surface area (Å²) < 4.78 is 6.31. The van der Waals surface area contributed by atoms with Crippen molar-refractivity contribution in [1.82, 2.24) is 9.78 Å². The summed E-state index contributed by atoms with van der Waals surface area (Å²) in [6, 6.07) is 0. The number of rotatable bonds is 1. The average Bonchev–Trinajstić information content (AvgIpc) is 2.26. The number of hydrogen-bond acceptors (Lipinski definition) is 4. The summed E-state index contributed by atoms with van der Waals surface area (Å²) >= 11 is 3.10. The van der Waals surface area contributed by atoms with Crippen molar-refractivity contribution < 1.29 is 9.53 Å². The third-order valence-corrected chi connectivity index (χ3v) is 1.99. The number of methoxy groups -OCH3 is 1. The van der Waals surface area contributed by atoms with Gasteiger partial charge in [0, 0.05) is 7.05 Å². The number of carbonyl (C=O) groups excluding carboxylic acids is 1. The van der Waals surface area contributed by atoms with E-state index in [2.05, 4.69) is 25.8 Å². The summed E-state index contributed by atoms with van der Waals surface area (Å²) in [6.45, 7) is 0. The summed E-state index contributed by atoms with van der Waals surface area (Å²) in [5.41, 5.74) is 5.81. The minimum atomic E-state index is -0.493. The molecule has 66 valence electrons. The van der Waals surface area contributed by atoms with Crippen molar-refractivity contribution >= 4 is 27.7 Å². The highest BCUT2D eigenvalue weighted by atomic mass is 79.9. The average molecular weight is 234 g/mol. The van der Waals surface area contributed by atoms with Gasteiger partial charge >= 0.3 is 5.97 Å². The van der Waals surface area contributed by atoms with Gasteiger partial charge in [0.2, 0.25) is 0 Å². The SMILES string of the molecule is COC(=O)c1c(Br)nn(C)c1N. The minimum absolute atomic E-state index is 0.264. The van der Waals surface area contributed by atoms with Crippen LogP contribution in [0.25, 0.3) is 0 Å². The van der Waals surface area contributed by atoms with Gasteiger partial charge in [-0.1, -0.05) is 0 Å². The lowest BCUT2D eigenvalue weighted by Crippen LogP contribution is -2.06. The van der Waals surface area contributed by atoms with Gasteiger partial charge in [0.1, 0.15) is 16.0 Å². The molecule has 0 bridgehead atoms. The summed E-state index contributed by atoms with van der Waals surface area (Å²) in [6.07, 6.45) is 0. The molecule has 0 amide bonds. The number of aryl methyl sites for hydroxylation is 1. The summed E-state index contributed by atoms with van der Waals surface area (Å²) in [4.78, 5) is 11.1. The first-order valence-electron chi connectivity index (χ1n) is 3.14. The number of hydrogen-bond donors (Lipinski definition) is 1. The van der Waals surface area contributed by atoms with Gasteiger partial charge in [-0.15, -0.1) is 0 Å². The van der Waals surface area contributed by atoms with Gasteiger partial charge in [-0.05, 0) is 15.9 Å². The van der Waals surface area contributed by atoms with Crippen molar-refractivity contribution in [3.05, 3.63) is 10.2 Å². The highest BCUT2D eigenvalue weighted by molar-refractivity contribution is 9.10. The Morgan fingerprint density at radius 1 is 1.75 bits per heavy atom. The number of aromatic nitrogens is 2. The van der Waals surface area contributed by atoms with Crippen molar-refractivity contribution in [2.75, 3.05) is 12.8 Å². The molecule has 1 heterocycles. The monoisotopic (exact) mass is 233 g/mol.